The molecule has 3 N–H and O–H groups in total. The number of imidazole rings is 1. The Bertz CT molecular complexity index is 493. The van der Waals surface area contributed by atoms with Crippen molar-refractivity contribution < 1.29 is 9.90 Å². The van der Waals surface area contributed by atoms with E-state index in [0.717, 1.165) is 5.69 Å². The number of para-hydroxylation sites is 1. The number of nitrogens with two attached hydrogens (primary N) is 1. The van der Waals surface area contributed by atoms with Crippen LogP contribution in [0, 0.1) is 0 Å². The van der Waals surface area contributed by atoms with E-state index in [1.807, 2.05) is 30.3 Å². The quantitative estimate of drug-likeness (QED) is 0.802. The molecule has 0 bridgehead atoms. The van der Waals surface area contributed by atoms with Crippen molar-refractivity contribution in [2.24, 2.45) is 5.73 Å². The van der Waals surface area contributed by atoms with E-state index in [9.17, 15) is 4.79 Å². The largest absolute Gasteiger partial charge is 0.480 e. The number of hydrogen-bond donors (Lipinski definition) is 2. The van der Waals surface area contributed by atoms with Crippen molar-refractivity contribution in [1.82, 2.24) is 9.55 Å². The Morgan fingerprint density at radius 3 is 2.69 bits per heavy atom. The van der Waals surface area contributed by atoms with E-state index in [2.05, 4.69) is 4.98 Å². The third-order valence-electron chi connectivity index (χ3n) is 2.29. The summed E-state index contributed by atoms with van der Waals surface area (Å²) in [5, 5.41) is 8.86. The number of rotatable bonds is 3. The van der Waals surface area contributed by atoms with Crippen LogP contribution < -0.4 is 5.73 Å². The van der Waals surface area contributed by atoms with Gasteiger partial charge in [-0.1, -0.05) is 18.2 Å². The second-order valence-corrected chi connectivity index (χ2v) is 3.34. The van der Waals surface area contributed by atoms with Crippen molar-refractivity contribution in [2.45, 2.75) is 6.04 Å². The summed E-state index contributed by atoms with van der Waals surface area (Å²) in [5.74, 6) is -1.07. The maximum absolute atomic E-state index is 10.8. The number of aromatic nitrogens is 2. The number of carboxylic acid groups (broad SMARTS) is 1. The number of carbonyl (C=O) groups is 1. The van der Waals surface area contributed by atoms with Gasteiger partial charge in [-0.15, -0.1) is 0 Å². The standard InChI is InChI=1S/C11H11N3O2/c12-10(11(15)16)9-6-13-7-14(9)8-4-2-1-3-5-8/h1-7,10H,12H2,(H,15,16). The van der Waals surface area contributed by atoms with Crippen LogP contribution in [0.2, 0.25) is 0 Å². The molecule has 82 valence electrons. The van der Waals surface area contributed by atoms with Crippen LogP contribution in [0.5, 0.6) is 0 Å². The lowest BCUT2D eigenvalue weighted by Gasteiger charge is -2.10. The summed E-state index contributed by atoms with van der Waals surface area (Å²) in [4.78, 5) is 14.7. The molecule has 0 aliphatic heterocycles. The highest BCUT2D eigenvalue weighted by molar-refractivity contribution is 5.74. The molecule has 0 aliphatic rings. The Balaban J connectivity index is 2.44. The van der Waals surface area contributed by atoms with Crippen LogP contribution in [0.4, 0.5) is 0 Å². The van der Waals surface area contributed by atoms with Crippen molar-refractivity contribution in [3.05, 3.63) is 48.5 Å². The van der Waals surface area contributed by atoms with Gasteiger partial charge < -0.3 is 15.4 Å². The van der Waals surface area contributed by atoms with Crippen molar-refractivity contribution >= 4 is 5.97 Å². The first-order chi connectivity index (χ1) is 7.70. The maximum atomic E-state index is 10.8. The zero-order valence-corrected chi connectivity index (χ0v) is 8.45. The molecule has 0 radical (unpaired) electrons. The minimum absolute atomic E-state index is 0.457. The SMILES string of the molecule is NC(C(=O)O)c1cncn1-c1ccccc1. The number of benzene rings is 1. The molecular weight excluding hydrogens is 206 g/mol. The highest BCUT2D eigenvalue weighted by Crippen LogP contribution is 2.15. The van der Waals surface area contributed by atoms with Gasteiger partial charge in [0, 0.05) is 5.69 Å². The Labute approximate surface area is 92.2 Å². The highest BCUT2D eigenvalue weighted by Gasteiger charge is 2.18. The van der Waals surface area contributed by atoms with E-state index in [1.165, 1.54) is 6.20 Å². The summed E-state index contributed by atoms with van der Waals surface area (Å²) >= 11 is 0. The molecule has 5 nitrogen and oxygen atoms in total. The smallest absolute Gasteiger partial charge is 0.326 e. The summed E-state index contributed by atoms with van der Waals surface area (Å²) in [5.41, 5.74) is 6.86. The van der Waals surface area contributed by atoms with Crippen molar-refractivity contribution in [3.8, 4) is 5.69 Å². The molecule has 2 aromatic rings. The first-order valence-corrected chi connectivity index (χ1v) is 4.76. The first-order valence-electron chi connectivity index (χ1n) is 4.76. The Morgan fingerprint density at radius 2 is 2.06 bits per heavy atom. The summed E-state index contributed by atoms with van der Waals surface area (Å²) in [7, 11) is 0. The van der Waals surface area contributed by atoms with Gasteiger partial charge in [-0.25, -0.2) is 4.98 Å². The second kappa shape index (κ2) is 4.16. The third-order valence-corrected chi connectivity index (χ3v) is 2.29. The van der Waals surface area contributed by atoms with Crippen molar-refractivity contribution in [2.75, 3.05) is 0 Å². The lowest BCUT2D eigenvalue weighted by molar-refractivity contribution is -0.138. The maximum Gasteiger partial charge on any atom is 0.326 e. The van der Waals surface area contributed by atoms with Crippen LogP contribution >= 0.6 is 0 Å². The van der Waals surface area contributed by atoms with Gasteiger partial charge in [0.15, 0.2) is 0 Å². The molecular formula is C11H11N3O2. The molecule has 0 saturated carbocycles. The predicted molar refractivity (Wildman–Crippen MR) is 58.1 cm³/mol. The molecule has 1 atom stereocenters. The van der Waals surface area contributed by atoms with Gasteiger partial charge in [-0.2, -0.15) is 0 Å². The van der Waals surface area contributed by atoms with Crippen molar-refractivity contribution in [3.63, 3.8) is 0 Å². The number of carboxylic acids is 1. The van der Waals surface area contributed by atoms with Gasteiger partial charge in [-0.05, 0) is 12.1 Å². The van der Waals surface area contributed by atoms with Crippen LogP contribution in [0.25, 0.3) is 5.69 Å². The van der Waals surface area contributed by atoms with Crippen molar-refractivity contribution in [1.29, 1.82) is 0 Å². The normalized spacial score (nSPS) is 12.3. The van der Waals surface area contributed by atoms with E-state index in [-0.39, 0.29) is 0 Å². The highest BCUT2D eigenvalue weighted by atomic mass is 16.4. The summed E-state index contributed by atoms with van der Waals surface area (Å²) < 4.78 is 1.67. The van der Waals surface area contributed by atoms with Crippen LogP contribution in [0.15, 0.2) is 42.9 Å². The molecule has 5 heteroatoms. The van der Waals surface area contributed by atoms with Gasteiger partial charge >= 0.3 is 5.97 Å². The summed E-state index contributed by atoms with van der Waals surface area (Å²) in [6.07, 6.45) is 3.01. The fraction of sp³-hybridized carbons (Fsp3) is 0.0909. The average Bonchev–Trinajstić information content (AvgIpc) is 2.77. The molecule has 0 spiro atoms. The number of nitrogens with zero attached hydrogens (tertiary/aromatic N) is 2. The zero-order valence-electron chi connectivity index (χ0n) is 8.45. The van der Waals surface area contributed by atoms with E-state index < -0.39 is 12.0 Å². The van der Waals surface area contributed by atoms with E-state index >= 15 is 0 Å². The summed E-state index contributed by atoms with van der Waals surface area (Å²) in [6, 6.07) is 8.27. The lowest BCUT2D eigenvalue weighted by Crippen LogP contribution is -2.23. The molecule has 0 fully saturated rings. The monoisotopic (exact) mass is 217 g/mol. The van der Waals surface area contributed by atoms with Gasteiger partial charge in [0.1, 0.15) is 6.04 Å². The minimum Gasteiger partial charge on any atom is -0.480 e. The first kappa shape index (κ1) is 10.4. The number of hydrogen-bond acceptors (Lipinski definition) is 3. The number of aliphatic carboxylic acids is 1. The fourth-order valence-corrected chi connectivity index (χ4v) is 1.47. The molecule has 0 amide bonds. The Morgan fingerprint density at radius 1 is 1.38 bits per heavy atom. The van der Waals surface area contributed by atoms with Crippen LogP contribution in [0.1, 0.15) is 11.7 Å². The summed E-state index contributed by atoms with van der Waals surface area (Å²) in [6.45, 7) is 0. The Kier molecular flexibility index (Phi) is 2.70. The molecule has 0 aliphatic carbocycles. The van der Waals surface area contributed by atoms with Gasteiger partial charge in [0.25, 0.3) is 0 Å². The molecule has 2 rings (SSSR count). The van der Waals surface area contributed by atoms with Gasteiger partial charge in [0.05, 0.1) is 18.2 Å². The average molecular weight is 217 g/mol. The predicted octanol–water partition coefficient (Wildman–Crippen LogP) is 0.957. The molecule has 1 unspecified atom stereocenters. The van der Waals surface area contributed by atoms with Crippen LogP contribution in [0.3, 0.4) is 0 Å². The molecule has 1 aromatic carbocycles. The fourth-order valence-electron chi connectivity index (χ4n) is 1.47. The molecule has 1 heterocycles. The minimum atomic E-state index is -1.07. The molecule has 16 heavy (non-hydrogen) atoms. The van der Waals surface area contributed by atoms with Gasteiger partial charge in [-0.3, -0.25) is 4.79 Å². The third kappa shape index (κ3) is 1.80. The van der Waals surface area contributed by atoms with Crippen LogP contribution in [-0.2, 0) is 4.79 Å². The van der Waals surface area contributed by atoms with Gasteiger partial charge in [0.2, 0.25) is 0 Å². The molecule has 1 aromatic heterocycles. The van der Waals surface area contributed by atoms with E-state index in [4.69, 9.17) is 10.8 Å². The second-order valence-electron chi connectivity index (χ2n) is 3.34. The topological polar surface area (TPSA) is 81.1 Å². The Hall–Kier alpha value is -2.14. The van der Waals surface area contributed by atoms with Crippen LogP contribution in [-0.4, -0.2) is 20.6 Å². The lowest BCUT2D eigenvalue weighted by atomic mass is 10.2. The zero-order chi connectivity index (χ0) is 11.5. The molecule has 0 saturated heterocycles. The van der Waals surface area contributed by atoms with E-state index in [1.54, 1.807) is 10.9 Å². The van der Waals surface area contributed by atoms with E-state index in [0.29, 0.717) is 5.69 Å².